The van der Waals surface area contributed by atoms with E-state index in [0.29, 0.717) is 35.1 Å². The second-order valence-corrected chi connectivity index (χ2v) is 7.74. The molecule has 7 nitrogen and oxygen atoms in total. The Kier molecular flexibility index (Phi) is 5.10. The number of methoxy groups -OCH3 is 1. The molecule has 1 saturated heterocycles. The number of carbonyl (C=O) groups excluding carboxylic acids is 2. The van der Waals surface area contributed by atoms with Crippen LogP contribution in [0.2, 0.25) is 5.02 Å². The molecule has 2 aromatic rings. The van der Waals surface area contributed by atoms with Gasteiger partial charge in [0.15, 0.2) is 6.79 Å². The highest BCUT2D eigenvalue weighted by Gasteiger charge is 2.48. The van der Waals surface area contributed by atoms with Crippen molar-refractivity contribution in [1.29, 1.82) is 0 Å². The van der Waals surface area contributed by atoms with Gasteiger partial charge in [-0.2, -0.15) is 0 Å². The number of rotatable bonds is 5. The van der Waals surface area contributed by atoms with E-state index in [0.717, 1.165) is 11.1 Å². The molecule has 0 saturated carbocycles. The van der Waals surface area contributed by atoms with Gasteiger partial charge in [-0.1, -0.05) is 29.8 Å². The molecule has 0 aromatic heterocycles. The third kappa shape index (κ3) is 3.63. The Labute approximate surface area is 173 Å². The lowest BCUT2D eigenvalue weighted by Crippen LogP contribution is -2.46. The van der Waals surface area contributed by atoms with Gasteiger partial charge in [0, 0.05) is 22.6 Å². The zero-order chi connectivity index (χ0) is 20.6. The van der Waals surface area contributed by atoms with Gasteiger partial charge in [-0.05, 0) is 30.7 Å². The molecule has 4 rings (SSSR count). The zero-order valence-electron chi connectivity index (χ0n) is 16.2. The molecule has 2 heterocycles. The molecule has 2 aliphatic heterocycles. The SMILES string of the molecule is COc1ccccc1C[C@]1(C)NC(=O)N(Cc2cc(Cl)cc3c2OCOC3)C1=O. The summed E-state index contributed by atoms with van der Waals surface area (Å²) in [5, 5.41) is 3.33. The first-order valence-electron chi connectivity index (χ1n) is 9.19. The topological polar surface area (TPSA) is 77.1 Å². The van der Waals surface area contributed by atoms with Crippen molar-refractivity contribution in [1.82, 2.24) is 10.2 Å². The maximum Gasteiger partial charge on any atom is 0.325 e. The van der Waals surface area contributed by atoms with Crippen molar-refractivity contribution < 1.29 is 23.8 Å². The maximum atomic E-state index is 13.2. The van der Waals surface area contributed by atoms with Gasteiger partial charge in [-0.25, -0.2) is 4.79 Å². The molecular weight excluding hydrogens is 396 g/mol. The molecule has 0 bridgehead atoms. The fourth-order valence-electron chi connectivity index (χ4n) is 3.78. The Hall–Kier alpha value is -2.77. The second-order valence-electron chi connectivity index (χ2n) is 7.31. The normalized spacial score (nSPS) is 20.9. The Morgan fingerprint density at radius 2 is 2.03 bits per heavy atom. The van der Waals surface area contributed by atoms with E-state index < -0.39 is 11.6 Å². The summed E-state index contributed by atoms with van der Waals surface area (Å²) in [6.07, 6.45) is 0.316. The van der Waals surface area contributed by atoms with E-state index in [9.17, 15) is 9.59 Å². The molecule has 0 unspecified atom stereocenters. The van der Waals surface area contributed by atoms with Gasteiger partial charge in [0.25, 0.3) is 5.91 Å². The zero-order valence-corrected chi connectivity index (χ0v) is 16.9. The molecule has 0 radical (unpaired) electrons. The Morgan fingerprint density at radius 1 is 1.24 bits per heavy atom. The molecule has 0 spiro atoms. The molecule has 1 atom stereocenters. The lowest BCUT2D eigenvalue weighted by Gasteiger charge is -2.24. The van der Waals surface area contributed by atoms with Crippen LogP contribution in [0.3, 0.4) is 0 Å². The molecule has 2 aromatic carbocycles. The average molecular weight is 417 g/mol. The van der Waals surface area contributed by atoms with Gasteiger partial charge in [0.05, 0.1) is 20.3 Å². The van der Waals surface area contributed by atoms with Crippen LogP contribution < -0.4 is 14.8 Å². The number of benzene rings is 2. The monoisotopic (exact) mass is 416 g/mol. The molecule has 29 heavy (non-hydrogen) atoms. The number of hydrogen-bond acceptors (Lipinski definition) is 5. The van der Waals surface area contributed by atoms with Crippen molar-refractivity contribution in [2.24, 2.45) is 0 Å². The summed E-state index contributed by atoms with van der Waals surface area (Å²) >= 11 is 6.21. The highest BCUT2D eigenvalue weighted by atomic mass is 35.5. The number of carbonyl (C=O) groups is 2. The lowest BCUT2D eigenvalue weighted by atomic mass is 9.92. The molecule has 8 heteroatoms. The van der Waals surface area contributed by atoms with E-state index in [1.807, 2.05) is 24.3 Å². The minimum atomic E-state index is -1.08. The molecule has 3 amide bonds. The minimum absolute atomic E-state index is 0.0646. The summed E-state index contributed by atoms with van der Waals surface area (Å²) in [6, 6.07) is 10.5. The third-order valence-corrected chi connectivity index (χ3v) is 5.38. The fraction of sp³-hybridized carbons (Fsp3) is 0.333. The second kappa shape index (κ2) is 7.57. The van der Waals surface area contributed by atoms with Gasteiger partial charge in [0.1, 0.15) is 17.0 Å². The number of hydrogen-bond donors (Lipinski definition) is 1. The number of halogens is 1. The smallest absolute Gasteiger partial charge is 0.325 e. The van der Waals surface area contributed by atoms with Gasteiger partial charge in [0.2, 0.25) is 0 Å². The summed E-state index contributed by atoms with van der Waals surface area (Å²) < 4.78 is 16.3. The van der Waals surface area contributed by atoms with E-state index in [1.165, 1.54) is 4.90 Å². The van der Waals surface area contributed by atoms with Crippen LogP contribution in [0.1, 0.15) is 23.6 Å². The molecule has 1 N–H and O–H groups in total. The summed E-state index contributed by atoms with van der Waals surface area (Å²) in [7, 11) is 1.58. The van der Waals surface area contributed by atoms with E-state index in [1.54, 1.807) is 26.2 Å². The maximum absolute atomic E-state index is 13.2. The quantitative estimate of drug-likeness (QED) is 0.757. The standard InChI is InChI=1S/C21H21ClN2O5/c1-21(9-13-5-3-4-6-17(13)27-2)19(25)24(20(26)23-21)10-14-7-16(22)8-15-11-28-12-29-18(14)15/h3-8H,9-12H2,1-2H3,(H,23,26)/t21-/m0/s1. The predicted molar refractivity (Wildman–Crippen MR) is 106 cm³/mol. The van der Waals surface area contributed by atoms with Crippen LogP contribution in [0.15, 0.2) is 36.4 Å². The van der Waals surface area contributed by atoms with Crippen LogP contribution in [0.4, 0.5) is 4.79 Å². The Morgan fingerprint density at radius 3 is 2.83 bits per heavy atom. The highest BCUT2D eigenvalue weighted by Crippen LogP contribution is 2.34. The number of para-hydroxylation sites is 1. The molecule has 152 valence electrons. The number of imide groups is 1. The van der Waals surface area contributed by atoms with E-state index in [-0.39, 0.29) is 19.2 Å². The van der Waals surface area contributed by atoms with E-state index in [4.69, 9.17) is 25.8 Å². The average Bonchev–Trinajstić information content (AvgIpc) is 2.91. The first-order valence-corrected chi connectivity index (χ1v) is 9.57. The van der Waals surface area contributed by atoms with Crippen molar-refractivity contribution in [3.8, 4) is 11.5 Å². The van der Waals surface area contributed by atoms with Crippen molar-refractivity contribution in [2.45, 2.75) is 32.0 Å². The van der Waals surface area contributed by atoms with Gasteiger partial charge >= 0.3 is 6.03 Å². The van der Waals surface area contributed by atoms with Crippen LogP contribution in [-0.2, 0) is 29.1 Å². The van der Waals surface area contributed by atoms with Gasteiger partial charge < -0.3 is 19.5 Å². The predicted octanol–water partition coefficient (Wildman–Crippen LogP) is 3.27. The van der Waals surface area contributed by atoms with E-state index in [2.05, 4.69) is 5.32 Å². The van der Waals surface area contributed by atoms with Crippen molar-refractivity contribution in [3.63, 3.8) is 0 Å². The fourth-order valence-corrected chi connectivity index (χ4v) is 4.05. The number of amides is 3. The lowest BCUT2D eigenvalue weighted by molar-refractivity contribution is -0.131. The van der Waals surface area contributed by atoms with Crippen molar-refractivity contribution >= 4 is 23.5 Å². The third-order valence-electron chi connectivity index (χ3n) is 5.16. The summed E-state index contributed by atoms with van der Waals surface area (Å²) in [5.41, 5.74) is 1.23. The first kappa shape index (κ1) is 19.5. The highest BCUT2D eigenvalue weighted by molar-refractivity contribution is 6.30. The number of urea groups is 1. The number of fused-ring (bicyclic) bond motifs is 1. The van der Waals surface area contributed by atoms with Crippen LogP contribution in [0, 0.1) is 0 Å². The number of ether oxygens (including phenoxy) is 3. The number of nitrogens with zero attached hydrogens (tertiary/aromatic N) is 1. The summed E-state index contributed by atoms with van der Waals surface area (Å²) in [6.45, 7) is 2.27. The van der Waals surface area contributed by atoms with Crippen molar-refractivity contribution in [2.75, 3.05) is 13.9 Å². The summed E-state index contributed by atoms with van der Waals surface area (Å²) in [4.78, 5) is 27.1. The Bertz CT molecular complexity index is 980. The molecule has 0 aliphatic carbocycles. The first-order chi connectivity index (χ1) is 13.9. The van der Waals surface area contributed by atoms with Crippen molar-refractivity contribution in [3.05, 3.63) is 58.1 Å². The largest absolute Gasteiger partial charge is 0.496 e. The minimum Gasteiger partial charge on any atom is -0.496 e. The van der Waals surface area contributed by atoms with E-state index >= 15 is 0 Å². The number of nitrogens with one attached hydrogen (secondary N) is 1. The Balaban J connectivity index is 1.60. The summed E-state index contributed by atoms with van der Waals surface area (Å²) in [5.74, 6) is 0.973. The molecular formula is C21H21ClN2O5. The van der Waals surface area contributed by atoms with Crippen LogP contribution in [-0.4, -0.2) is 36.3 Å². The van der Waals surface area contributed by atoms with Crippen LogP contribution >= 0.6 is 11.6 Å². The van der Waals surface area contributed by atoms with Gasteiger partial charge in [-0.15, -0.1) is 0 Å². The van der Waals surface area contributed by atoms with Crippen LogP contribution in [0.25, 0.3) is 0 Å². The van der Waals surface area contributed by atoms with Crippen LogP contribution in [0.5, 0.6) is 11.5 Å². The molecule has 1 fully saturated rings. The van der Waals surface area contributed by atoms with Gasteiger partial charge in [-0.3, -0.25) is 9.69 Å². The molecule has 2 aliphatic rings.